The number of pyridine rings is 2. The van der Waals surface area contributed by atoms with Crippen LogP contribution in [0.1, 0.15) is 35.9 Å². The highest BCUT2D eigenvalue weighted by atomic mass is 16.5. The number of aromatic nitrogens is 2. The number of anilines is 1. The van der Waals surface area contributed by atoms with E-state index in [1.54, 1.807) is 18.3 Å². The summed E-state index contributed by atoms with van der Waals surface area (Å²) < 4.78 is 5.15. The third-order valence-electron chi connectivity index (χ3n) is 4.56. The Labute approximate surface area is 148 Å². The smallest absolute Gasteiger partial charge is 0.341 e. The van der Waals surface area contributed by atoms with E-state index in [1.165, 1.54) is 0 Å². The zero-order valence-corrected chi connectivity index (χ0v) is 14.8. The van der Waals surface area contributed by atoms with Gasteiger partial charge in [0, 0.05) is 44.6 Å². The fourth-order valence-corrected chi connectivity index (χ4v) is 3.15. The fourth-order valence-electron chi connectivity index (χ4n) is 3.15. The highest BCUT2D eigenvalue weighted by Gasteiger charge is 2.26. The van der Waals surface area contributed by atoms with Crippen LogP contribution in [0.4, 0.5) is 5.82 Å². The Morgan fingerprint density at radius 3 is 2.56 bits per heavy atom. The van der Waals surface area contributed by atoms with Gasteiger partial charge in [-0.25, -0.2) is 9.78 Å². The molecule has 1 aliphatic rings. The summed E-state index contributed by atoms with van der Waals surface area (Å²) in [7, 11) is 0. The predicted octanol–water partition coefficient (Wildman–Crippen LogP) is 2.54. The van der Waals surface area contributed by atoms with Crippen LogP contribution in [0, 0.1) is 0 Å². The van der Waals surface area contributed by atoms with Gasteiger partial charge in [0.25, 0.3) is 0 Å². The van der Waals surface area contributed by atoms with E-state index in [-0.39, 0.29) is 12.0 Å². The van der Waals surface area contributed by atoms with E-state index in [2.05, 4.69) is 32.8 Å². The van der Waals surface area contributed by atoms with Crippen molar-refractivity contribution in [2.75, 3.05) is 37.7 Å². The van der Waals surface area contributed by atoms with Gasteiger partial charge in [0.2, 0.25) is 0 Å². The molecule has 0 unspecified atom stereocenters. The number of hydrogen-bond acceptors (Lipinski definition) is 6. The molecule has 0 amide bonds. The lowest BCUT2D eigenvalue weighted by Crippen LogP contribution is -2.48. The van der Waals surface area contributed by atoms with Crippen LogP contribution in [0.3, 0.4) is 0 Å². The Hall–Kier alpha value is -2.47. The molecule has 1 fully saturated rings. The van der Waals surface area contributed by atoms with Gasteiger partial charge in [0.1, 0.15) is 11.4 Å². The van der Waals surface area contributed by atoms with Gasteiger partial charge in [-0.2, -0.15) is 0 Å². The molecular weight excluding hydrogens is 316 g/mol. The van der Waals surface area contributed by atoms with Crippen molar-refractivity contribution in [3.05, 3.63) is 54.0 Å². The first-order valence-electron chi connectivity index (χ1n) is 8.72. The van der Waals surface area contributed by atoms with E-state index >= 15 is 0 Å². The summed E-state index contributed by atoms with van der Waals surface area (Å²) in [5.41, 5.74) is 1.62. The number of nitrogens with zero attached hydrogens (tertiary/aromatic N) is 4. The molecule has 0 N–H and O–H groups in total. The van der Waals surface area contributed by atoms with Crippen LogP contribution >= 0.6 is 0 Å². The van der Waals surface area contributed by atoms with Crippen molar-refractivity contribution in [1.82, 2.24) is 14.9 Å². The first-order chi connectivity index (χ1) is 12.2. The van der Waals surface area contributed by atoms with E-state index in [4.69, 9.17) is 4.74 Å². The van der Waals surface area contributed by atoms with Crippen LogP contribution in [0.2, 0.25) is 0 Å². The van der Waals surface area contributed by atoms with E-state index < -0.39 is 0 Å². The Balaban J connectivity index is 1.68. The van der Waals surface area contributed by atoms with Crippen molar-refractivity contribution in [3.8, 4) is 0 Å². The number of rotatable bonds is 5. The van der Waals surface area contributed by atoms with Crippen molar-refractivity contribution in [1.29, 1.82) is 0 Å². The molecule has 0 spiro atoms. The molecule has 1 aliphatic heterocycles. The van der Waals surface area contributed by atoms with Gasteiger partial charge in [-0.15, -0.1) is 0 Å². The maximum atomic E-state index is 12.2. The minimum Gasteiger partial charge on any atom is -0.462 e. The van der Waals surface area contributed by atoms with E-state index in [1.807, 2.05) is 25.3 Å². The number of carbonyl (C=O) groups is 1. The summed E-state index contributed by atoms with van der Waals surface area (Å²) in [6.45, 7) is 7.80. The van der Waals surface area contributed by atoms with Gasteiger partial charge >= 0.3 is 5.97 Å². The Morgan fingerprint density at radius 2 is 1.88 bits per heavy atom. The molecule has 1 saturated heterocycles. The van der Waals surface area contributed by atoms with Gasteiger partial charge in [0.05, 0.1) is 12.3 Å². The fraction of sp³-hybridized carbons (Fsp3) is 0.421. The van der Waals surface area contributed by atoms with E-state index in [9.17, 15) is 4.79 Å². The lowest BCUT2D eigenvalue weighted by Gasteiger charge is -2.38. The summed E-state index contributed by atoms with van der Waals surface area (Å²) in [4.78, 5) is 25.6. The van der Waals surface area contributed by atoms with Crippen molar-refractivity contribution >= 4 is 11.8 Å². The molecule has 0 aromatic carbocycles. The third-order valence-corrected chi connectivity index (χ3v) is 4.56. The SMILES string of the molecule is CCOC(=O)c1cccnc1N1CCN([C@H](C)c2ccccn2)CC1. The Bertz CT molecular complexity index is 700. The number of esters is 1. The third kappa shape index (κ3) is 3.96. The van der Waals surface area contributed by atoms with Crippen molar-refractivity contribution < 1.29 is 9.53 Å². The number of hydrogen-bond donors (Lipinski definition) is 0. The van der Waals surface area contributed by atoms with Crippen molar-refractivity contribution in [3.63, 3.8) is 0 Å². The first kappa shape index (κ1) is 17.4. The minimum absolute atomic E-state index is 0.275. The van der Waals surface area contributed by atoms with E-state index in [0.717, 1.165) is 31.9 Å². The van der Waals surface area contributed by atoms with Crippen LogP contribution in [-0.2, 0) is 4.74 Å². The Morgan fingerprint density at radius 1 is 1.12 bits per heavy atom. The van der Waals surface area contributed by atoms with Gasteiger partial charge in [-0.05, 0) is 38.1 Å². The normalized spacial score (nSPS) is 16.5. The standard InChI is InChI=1S/C19H24N4O2/c1-3-25-19(24)16-7-6-10-21-18(16)23-13-11-22(12-14-23)15(2)17-8-4-5-9-20-17/h4-10,15H,3,11-14H2,1-2H3/t15-/m1/s1. The van der Waals surface area contributed by atoms with Crippen LogP contribution < -0.4 is 4.90 Å². The zero-order valence-electron chi connectivity index (χ0n) is 14.8. The number of carbonyl (C=O) groups excluding carboxylic acids is 1. The average Bonchev–Trinajstić information content (AvgIpc) is 2.68. The summed E-state index contributed by atoms with van der Waals surface area (Å²) in [5.74, 6) is 0.404. The topological polar surface area (TPSA) is 58.6 Å². The summed E-state index contributed by atoms with van der Waals surface area (Å²) in [5, 5.41) is 0. The molecule has 132 valence electrons. The molecule has 0 bridgehead atoms. The maximum absolute atomic E-state index is 12.2. The highest BCUT2D eigenvalue weighted by molar-refractivity contribution is 5.94. The molecule has 3 rings (SSSR count). The molecule has 1 atom stereocenters. The quantitative estimate of drug-likeness (QED) is 0.780. The molecule has 6 nitrogen and oxygen atoms in total. The van der Waals surface area contributed by atoms with Gasteiger partial charge in [-0.1, -0.05) is 6.07 Å². The Kier molecular flexibility index (Phi) is 5.60. The first-order valence-corrected chi connectivity index (χ1v) is 8.72. The van der Waals surface area contributed by atoms with Crippen LogP contribution in [0.5, 0.6) is 0 Å². The minimum atomic E-state index is -0.310. The highest BCUT2D eigenvalue weighted by Crippen LogP contribution is 2.24. The maximum Gasteiger partial charge on any atom is 0.341 e. The van der Waals surface area contributed by atoms with Crippen LogP contribution in [0.25, 0.3) is 0 Å². The molecule has 6 heteroatoms. The second-order valence-electron chi connectivity index (χ2n) is 6.05. The largest absolute Gasteiger partial charge is 0.462 e. The summed E-state index contributed by atoms with van der Waals surface area (Å²) in [6, 6.07) is 9.85. The van der Waals surface area contributed by atoms with Gasteiger partial charge in [-0.3, -0.25) is 9.88 Å². The monoisotopic (exact) mass is 340 g/mol. The summed E-state index contributed by atoms with van der Waals surface area (Å²) >= 11 is 0. The number of ether oxygens (including phenoxy) is 1. The van der Waals surface area contributed by atoms with Gasteiger partial charge in [0.15, 0.2) is 0 Å². The van der Waals surface area contributed by atoms with Crippen molar-refractivity contribution in [2.24, 2.45) is 0 Å². The molecule has 2 aromatic rings. The zero-order chi connectivity index (χ0) is 17.6. The summed E-state index contributed by atoms with van der Waals surface area (Å²) in [6.07, 6.45) is 3.56. The second-order valence-corrected chi connectivity index (χ2v) is 6.05. The molecule has 0 aliphatic carbocycles. The molecule has 25 heavy (non-hydrogen) atoms. The van der Waals surface area contributed by atoms with Crippen molar-refractivity contribution in [2.45, 2.75) is 19.9 Å². The van der Waals surface area contributed by atoms with Crippen LogP contribution in [-0.4, -0.2) is 53.6 Å². The average molecular weight is 340 g/mol. The number of piperazine rings is 1. The second kappa shape index (κ2) is 8.07. The molecule has 3 heterocycles. The molecular formula is C19H24N4O2. The van der Waals surface area contributed by atoms with Crippen LogP contribution in [0.15, 0.2) is 42.7 Å². The van der Waals surface area contributed by atoms with E-state index in [0.29, 0.717) is 18.0 Å². The lowest BCUT2D eigenvalue weighted by atomic mass is 10.1. The van der Waals surface area contributed by atoms with Gasteiger partial charge < -0.3 is 9.64 Å². The predicted molar refractivity (Wildman–Crippen MR) is 96.6 cm³/mol. The molecule has 0 saturated carbocycles. The molecule has 2 aromatic heterocycles. The lowest BCUT2D eigenvalue weighted by molar-refractivity contribution is 0.0526. The molecule has 0 radical (unpaired) electrons.